The van der Waals surface area contributed by atoms with Crippen LogP contribution in [-0.4, -0.2) is 43.3 Å². The standard InChI is InChI=1S/C22H21AsN4O3S/c1-23(2)20-9-8-19(14-25-20)31(29,30)18-6-3-16(4-7-18)13-26-22(28)17-5-10-21-24-11-12-27(21)15-17/h3-12,14-15H,13H2,1-2H3,(H,26,28). The van der Waals surface area contributed by atoms with Crippen LogP contribution in [0.1, 0.15) is 15.9 Å². The molecule has 0 radical (unpaired) electrons. The Morgan fingerprint density at radius 3 is 2.42 bits per heavy atom. The van der Waals surface area contributed by atoms with Gasteiger partial charge in [-0.3, -0.25) is 4.79 Å². The van der Waals surface area contributed by atoms with E-state index in [4.69, 9.17) is 0 Å². The SMILES string of the molecule is C[As](C)c1ccc(S(=O)(=O)c2ccc(CNC(=O)c3ccc4nccn4c3)cc2)cn1. The summed E-state index contributed by atoms with van der Waals surface area (Å²) >= 11 is -1.14. The number of imidazole rings is 1. The predicted octanol–water partition coefficient (Wildman–Crippen LogP) is 2.45. The van der Waals surface area contributed by atoms with Gasteiger partial charge in [0.15, 0.2) is 0 Å². The summed E-state index contributed by atoms with van der Waals surface area (Å²) in [7, 11) is -3.63. The van der Waals surface area contributed by atoms with Gasteiger partial charge in [0.2, 0.25) is 0 Å². The third-order valence-corrected chi connectivity index (χ3v) is 9.06. The zero-order valence-electron chi connectivity index (χ0n) is 17.1. The van der Waals surface area contributed by atoms with Crippen molar-refractivity contribution in [3.63, 3.8) is 0 Å². The molecule has 0 saturated carbocycles. The van der Waals surface area contributed by atoms with Gasteiger partial charge in [0.25, 0.3) is 0 Å². The van der Waals surface area contributed by atoms with Crippen LogP contribution in [0.3, 0.4) is 0 Å². The molecule has 0 fully saturated rings. The van der Waals surface area contributed by atoms with Crippen LogP contribution in [0.5, 0.6) is 0 Å². The maximum atomic E-state index is 12.9. The molecule has 7 nitrogen and oxygen atoms in total. The van der Waals surface area contributed by atoms with Gasteiger partial charge in [-0.1, -0.05) is 0 Å². The van der Waals surface area contributed by atoms with E-state index in [0.29, 0.717) is 5.56 Å². The molecule has 0 spiro atoms. The molecule has 158 valence electrons. The quantitative estimate of drug-likeness (QED) is 0.414. The van der Waals surface area contributed by atoms with E-state index in [1.165, 1.54) is 6.20 Å². The zero-order valence-corrected chi connectivity index (χ0v) is 19.8. The molecular formula is C22H21AsN4O3S. The molecule has 0 atom stereocenters. The van der Waals surface area contributed by atoms with E-state index in [9.17, 15) is 13.2 Å². The number of sulfone groups is 1. The molecule has 0 unspecified atom stereocenters. The van der Waals surface area contributed by atoms with Gasteiger partial charge >= 0.3 is 130 Å². The summed E-state index contributed by atoms with van der Waals surface area (Å²) in [6.07, 6.45) is 6.60. The van der Waals surface area contributed by atoms with Crippen molar-refractivity contribution < 1.29 is 13.2 Å². The van der Waals surface area contributed by atoms with Gasteiger partial charge in [-0.05, 0) is 12.1 Å². The summed E-state index contributed by atoms with van der Waals surface area (Å²) in [5.41, 5.74) is 6.39. The van der Waals surface area contributed by atoms with Crippen LogP contribution in [-0.2, 0) is 16.4 Å². The first-order valence-electron chi connectivity index (χ1n) is 9.53. The fraction of sp³-hybridized carbons (Fsp3) is 0.136. The van der Waals surface area contributed by atoms with Crippen LogP contribution in [0.4, 0.5) is 0 Å². The predicted molar refractivity (Wildman–Crippen MR) is 120 cm³/mol. The second-order valence-electron chi connectivity index (χ2n) is 7.19. The van der Waals surface area contributed by atoms with Crippen LogP contribution >= 0.6 is 0 Å². The molecular weight excluding hydrogens is 475 g/mol. The number of fused-ring (bicyclic) bond motifs is 1. The van der Waals surface area contributed by atoms with E-state index in [-0.39, 0.29) is 22.2 Å². The zero-order chi connectivity index (χ0) is 22.0. The van der Waals surface area contributed by atoms with Gasteiger partial charge in [-0.25, -0.2) is 4.98 Å². The number of rotatable bonds is 6. The number of hydrogen-bond acceptors (Lipinski definition) is 5. The Labute approximate surface area is 185 Å². The molecule has 1 aromatic carbocycles. The molecule has 0 aliphatic heterocycles. The number of carbonyl (C=O) groups excluding carboxylic acids is 1. The third-order valence-electron chi connectivity index (χ3n) is 4.83. The van der Waals surface area contributed by atoms with Crippen LogP contribution in [0, 0.1) is 0 Å². The normalized spacial score (nSPS) is 11.7. The van der Waals surface area contributed by atoms with E-state index in [0.717, 1.165) is 15.7 Å². The fourth-order valence-corrected chi connectivity index (χ4v) is 5.65. The summed E-state index contributed by atoms with van der Waals surface area (Å²) < 4.78 is 28.5. The topological polar surface area (TPSA) is 93.4 Å². The Hall–Kier alpha value is -2.96. The first-order valence-corrected chi connectivity index (χ1v) is 15.7. The molecule has 4 aromatic rings. The van der Waals surface area contributed by atoms with E-state index >= 15 is 0 Å². The number of aromatic nitrogens is 3. The second-order valence-corrected chi connectivity index (χ2v) is 13.9. The number of nitrogens with zero attached hydrogens (tertiary/aromatic N) is 3. The first kappa shape index (κ1) is 21.3. The summed E-state index contributed by atoms with van der Waals surface area (Å²) in [6.45, 7) is 0.288. The van der Waals surface area contributed by atoms with Gasteiger partial charge in [-0.2, -0.15) is 0 Å². The van der Waals surface area contributed by atoms with Crippen molar-refractivity contribution in [3.8, 4) is 0 Å². The second kappa shape index (κ2) is 8.65. The molecule has 0 aliphatic rings. The van der Waals surface area contributed by atoms with Crippen LogP contribution in [0.25, 0.3) is 5.65 Å². The number of amides is 1. The van der Waals surface area contributed by atoms with Crippen molar-refractivity contribution in [1.29, 1.82) is 0 Å². The molecule has 3 heterocycles. The van der Waals surface area contributed by atoms with E-state index in [1.54, 1.807) is 71.5 Å². The van der Waals surface area contributed by atoms with Gasteiger partial charge in [0, 0.05) is 18.6 Å². The first-order chi connectivity index (χ1) is 14.8. The molecule has 1 N–H and O–H groups in total. The molecule has 1 amide bonds. The van der Waals surface area contributed by atoms with E-state index < -0.39 is 24.5 Å². The van der Waals surface area contributed by atoms with Crippen molar-refractivity contribution in [2.24, 2.45) is 0 Å². The van der Waals surface area contributed by atoms with Gasteiger partial charge in [0.05, 0.1) is 5.56 Å². The Balaban J connectivity index is 1.44. The minimum absolute atomic E-state index is 0.183. The molecule has 9 heteroatoms. The van der Waals surface area contributed by atoms with Crippen molar-refractivity contribution in [1.82, 2.24) is 19.7 Å². The molecule has 0 saturated heterocycles. The molecule has 31 heavy (non-hydrogen) atoms. The average molecular weight is 496 g/mol. The van der Waals surface area contributed by atoms with Gasteiger partial charge in [0.1, 0.15) is 5.65 Å². The van der Waals surface area contributed by atoms with Crippen LogP contribution in [0.15, 0.2) is 83.1 Å². The number of carbonyl (C=O) groups is 1. The Morgan fingerprint density at radius 2 is 1.74 bits per heavy atom. The van der Waals surface area contributed by atoms with E-state index in [1.807, 2.05) is 0 Å². The Kier molecular flexibility index (Phi) is 5.94. The average Bonchev–Trinajstić information content (AvgIpc) is 3.25. The molecule has 0 bridgehead atoms. The van der Waals surface area contributed by atoms with E-state index in [2.05, 4.69) is 26.7 Å². The molecule has 3 aromatic heterocycles. The van der Waals surface area contributed by atoms with Crippen LogP contribution in [0.2, 0.25) is 11.4 Å². The van der Waals surface area contributed by atoms with Crippen molar-refractivity contribution in [2.45, 2.75) is 27.8 Å². The summed E-state index contributed by atoms with van der Waals surface area (Å²) in [5, 5.41) is 2.85. The monoisotopic (exact) mass is 496 g/mol. The molecule has 0 aliphatic carbocycles. The van der Waals surface area contributed by atoms with Crippen molar-refractivity contribution >= 4 is 40.5 Å². The number of hydrogen-bond donors (Lipinski definition) is 1. The van der Waals surface area contributed by atoms with Gasteiger partial charge < -0.3 is 4.40 Å². The third kappa shape index (κ3) is 4.55. The van der Waals surface area contributed by atoms with Crippen molar-refractivity contribution in [2.75, 3.05) is 0 Å². The summed E-state index contributed by atoms with van der Waals surface area (Å²) in [5.74, 6) is -0.215. The fourth-order valence-electron chi connectivity index (χ4n) is 3.06. The maximum absolute atomic E-state index is 12.9. The minimum atomic E-state index is -3.63. The van der Waals surface area contributed by atoms with Gasteiger partial charge in [-0.15, -0.1) is 0 Å². The number of pyridine rings is 2. The summed E-state index contributed by atoms with van der Waals surface area (Å²) in [6, 6.07) is 13.4. The molecule has 4 rings (SSSR count). The number of benzene rings is 1. The van der Waals surface area contributed by atoms with Crippen LogP contribution < -0.4 is 9.80 Å². The Bertz CT molecular complexity index is 1330. The summed E-state index contributed by atoms with van der Waals surface area (Å²) in [4.78, 5) is 21.3. The number of nitrogens with one attached hydrogen (secondary N) is 1. The van der Waals surface area contributed by atoms with Crippen molar-refractivity contribution in [3.05, 3.63) is 84.4 Å². The Morgan fingerprint density at radius 1 is 1.00 bits per heavy atom.